The standard InChI is InChI=1S/C11H15ClN2/c12-11-4-3-10(8-14-11)6-9-2-1-5-13-7-9/h3-4,8-9,13H,1-2,5-7H2. The lowest BCUT2D eigenvalue weighted by Gasteiger charge is -2.22. The maximum absolute atomic E-state index is 5.73. The van der Waals surface area contributed by atoms with E-state index in [0.29, 0.717) is 5.15 Å². The molecule has 14 heavy (non-hydrogen) atoms. The van der Waals surface area contributed by atoms with E-state index in [0.717, 1.165) is 18.9 Å². The summed E-state index contributed by atoms with van der Waals surface area (Å²) in [5, 5.41) is 4.00. The summed E-state index contributed by atoms with van der Waals surface area (Å²) in [5.41, 5.74) is 1.29. The van der Waals surface area contributed by atoms with Crippen molar-refractivity contribution < 1.29 is 0 Å². The average molecular weight is 211 g/mol. The molecule has 1 atom stereocenters. The van der Waals surface area contributed by atoms with Crippen LogP contribution in [0.5, 0.6) is 0 Å². The molecule has 1 saturated heterocycles. The molecule has 1 unspecified atom stereocenters. The van der Waals surface area contributed by atoms with Gasteiger partial charge in [-0.05, 0) is 49.9 Å². The van der Waals surface area contributed by atoms with Crippen molar-refractivity contribution in [2.24, 2.45) is 5.92 Å². The van der Waals surface area contributed by atoms with Gasteiger partial charge in [0.15, 0.2) is 0 Å². The highest BCUT2D eigenvalue weighted by molar-refractivity contribution is 6.29. The monoisotopic (exact) mass is 210 g/mol. The molecule has 0 aliphatic carbocycles. The quantitative estimate of drug-likeness (QED) is 0.758. The van der Waals surface area contributed by atoms with Gasteiger partial charge in [-0.3, -0.25) is 0 Å². The van der Waals surface area contributed by atoms with Crippen molar-refractivity contribution in [1.29, 1.82) is 0 Å². The molecule has 1 aromatic heterocycles. The highest BCUT2D eigenvalue weighted by Gasteiger charge is 2.13. The minimum atomic E-state index is 0.579. The van der Waals surface area contributed by atoms with Crippen molar-refractivity contribution >= 4 is 11.6 Å². The van der Waals surface area contributed by atoms with Crippen LogP contribution in [-0.2, 0) is 6.42 Å². The van der Waals surface area contributed by atoms with Gasteiger partial charge in [0.1, 0.15) is 5.15 Å². The molecular weight excluding hydrogens is 196 g/mol. The molecular formula is C11H15ClN2. The minimum absolute atomic E-state index is 0.579. The van der Waals surface area contributed by atoms with Crippen LogP contribution in [0.1, 0.15) is 18.4 Å². The van der Waals surface area contributed by atoms with Gasteiger partial charge in [-0.2, -0.15) is 0 Å². The fourth-order valence-corrected chi connectivity index (χ4v) is 2.07. The van der Waals surface area contributed by atoms with Gasteiger partial charge in [0.05, 0.1) is 0 Å². The van der Waals surface area contributed by atoms with E-state index in [1.54, 1.807) is 0 Å². The molecule has 1 fully saturated rings. The number of piperidine rings is 1. The Morgan fingerprint density at radius 3 is 3.07 bits per heavy atom. The van der Waals surface area contributed by atoms with Gasteiger partial charge in [-0.25, -0.2) is 4.98 Å². The number of aromatic nitrogens is 1. The third kappa shape index (κ3) is 2.69. The minimum Gasteiger partial charge on any atom is -0.316 e. The highest BCUT2D eigenvalue weighted by atomic mass is 35.5. The molecule has 1 aromatic rings. The topological polar surface area (TPSA) is 24.9 Å². The second-order valence-corrected chi connectivity index (χ2v) is 4.29. The Morgan fingerprint density at radius 1 is 1.50 bits per heavy atom. The first kappa shape index (κ1) is 9.94. The molecule has 76 valence electrons. The van der Waals surface area contributed by atoms with Gasteiger partial charge in [-0.15, -0.1) is 0 Å². The lowest BCUT2D eigenvalue weighted by atomic mass is 9.93. The van der Waals surface area contributed by atoms with Crippen molar-refractivity contribution in [2.45, 2.75) is 19.3 Å². The SMILES string of the molecule is Clc1ccc(CC2CCCNC2)cn1. The second-order valence-electron chi connectivity index (χ2n) is 3.91. The molecule has 3 heteroatoms. The van der Waals surface area contributed by atoms with Gasteiger partial charge >= 0.3 is 0 Å². The van der Waals surface area contributed by atoms with Crippen LogP contribution in [0.2, 0.25) is 5.15 Å². The van der Waals surface area contributed by atoms with Crippen LogP contribution in [-0.4, -0.2) is 18.1 Å². The molecule has 0 radical (unpaired) electrons. The van der Waals surface area contributed by atoms with E-state index in [2.05, 4.69) is 16.4 Å². The van der Waals surface area contributed by atoms with Gasteiger partial charge in [0.25, 0.3) is 0 Å². The van der Waals surface area contributed by atoms with E-state index in [1.165, 1.54) is 24.9 Å². The lowest BCUT2D eigenvalue weighted by molar-refractivity contribution is 0.376. The first-order valence-corrected chi connectivity index (χ1v) is 5.53. The Morgan fingerprint density at radius 2 is 2.43 bits per heavy atom. The molecule has 2 nitrogen and oxygen atoms in total. The summed E-state index contributed by atoms with van der Waals surface area (Å²) in [6.07, 6.45) is 5.63. The van der Waals surface area contributed by atoms with Gasteiger partial charge < -0.3 is 5.32 Å². The Kier molecular flexibility index (Phi) is 3.38. The van der Waals surface area contributed by atoms with Crippen LogP contribution in [0.3, 0.4) is 0 Å². The summed E-state index contributed by atoms with van der Waals surface area (Å²) >= 11 is 5.73. The van der Waals surface area contributed by atoms with E-state index >= 15 is 0 Å². The summed E-state index contributed by atoms with van der Waals surface area (Å²) in [4.78, 5) is 4.09. The van der Waals surface area contributed by atoms with Crippen molar-refractivity contribution in [2.75, 3.05) is 13.1 Å². The normalized spacial score (nSPS) is 22.2. The van der Waals surface area contributed by atoms with Crippen molar-refractivity contribution in [3.05, 3.63) is 29.0 Å². The van der Waals surface area contributed by atoms with Crippen molar-refractivity contribution in [3.63, 3.8) is 0 Å². The third-order valence-corrected chi connectivity index (χ3v) is 2.94. The first-order valence-electron chi connectivity index (χ1n) is 5.16. The summed E-state index contributed by atoms with van der Waals surface area (Å²) in [6, 6.07) is 3.94. The molecule has 1 aliphatic heterocycles. The first-order chi connectivity index (χ1) is 6.84. The maximum atomic E-state index is 5.73. The van der Waals surface area contributed by atoms with E-state index in [-0.39, 0.29) is 0 Å². The van der Waals surface area contributed by atoms with Crippen molar-refractivity contribution in [3.8, 4) is 0 Å². The molecule has 2 heterocycles. The van der Waals surface area contributed by atoms with Crippen LogP contribution >= 0.6 is 11.6 Å². The summed E-state index contributed by atoms with van der Waals surface area (Å²) in [6.45, 7) is 2.32. The van der Waals surface area contributed by atoms with Crippen molar-refractivity contribution in [1.82, 2.24) is 10.3 Å². The van der Waals surface area contributed by atoms with Crippen LogP contribution in [0.25, 0.3) is 0 Å². The number of hydrogen-bond acceptors (Lipinski definition) is 2. The number of hydrogen-bond donors (Lipinski definition) is 1. The predicted molar refractivity (Wildman–Crippen MR) is 58.5 cm³/mol. The summed E-state index contributed by atoms with van der Waals surface area (Å²) in [7, 11) is 0. The average Bonchev–Trinajstić information content (AvgIpc) is 2.23. The Balaban J connectivity index is 1.92. The zero-order valence-electron chi connectivity index (χ0n) is 8.17. The molecule has 0 aromatic carbocycles. The Hall–Kier alpha value is -0.600. The lowest BCUT2D eigenvalue weighted by Crippen LogP contribution is -2.30. The van der Waals surface area contributed by atoms with Gasteiger partial charge in [0, 0.05) is 6.20 Å². The Labute approximate surface area is 89.7 Å². The number of nitrogens with zero attached hydrogens (tertiary/aromatic N) is 1. The van der Waals surface area contributed by atoms with Crippen LogP contribution < -0.4 is 5.32 Å². The largest absolute Gasteiger partial charge is 0.316 e. The van der Waals surface area contributed by atoms with E-state index in [4.69, 9.17) is 11.6 Å². The summed E-state index contributed by atoms with van der Waals surface area (Å²) < 4.78 is 0. The molecule has 1 aliphatic rings. The molecule has 0 amide bonds. The molecule has 0 bridgehead atoms. The predicted octanol–water partition coefficient (Wildman–Crippen LogP) is 2.28. The van der Waals surface area contributed by atoms with Crippen LogP contribution in [0.4, 0.5) is 0 Å². The highest BCUT2D eigenvalue weighted by Crippen LogP contribution is 2.16. The van der Waals surface area contributed by atoms with Gasteiger partial charge in [0.2, 0.25) is 0 Å². The number of pyridine rings is 1. The Bertz CT molecular complexity index is 278. The van der Waals surface area contributed by atoms with Crippen LogP contribution in [0.15, 0.2) is 18.3 Å². The molecule has 0 saturated carbocycles. The van der Waals surface area contributed by atoms with E-state index in [1.807, 2.05) is 12.3 Å². The fourth-order valence-electron chi connectivity index (χ4n) is 1.96. The molecule has 2 rings (SSSR count). The zero-order chi connectivity index (χ0) is 9.80. The van der Waals surface area contributed by atoms with E-state index < -0.39 is 0 Å². The van der Waals surface area contributed by atoms with E-state index in [9.17, 15) is 0 Å². The zero-order valence-corrected chi connectivity index (χ0v) is 8.93. The fraction of sp³-hybridized carbons (Fsp3) is 0.545. The van der Waals surface area contributed by atoms with Crippen LogP contribution in [0, 0.1) is 5.92 Å². The second kappa shape index (κ2) is 4.76. The smallest absolute Gasteiger partial charge is 0.129 e. The molecule has 1 N–H and O–H groups in total. The number of rotatable bonds is 2. The number of halogens is 1. The van der Waals surface area contributed by atoms with Gasteiger partial charge in [-0.1, -0.05) is 17.7 Å². The third-order valence-electron chi connectivity index (χ3n) is 2.71. The molecule has 0 spiro atoms. The summed E-state index contributed by atoms with van der Waals surface area (Å²) in [5.74, 6) is 0.770. The maximum Gasteiger partial charge on any atom is 0.129 e. The number of nitrogens with one attached hydrogen (secondary N) is 1.